The predicted octanol–water partition coefficient (Wildman–Crippen LogP) is 3.60. The maximum Gasteiger partial charge on any atom is 0.146 e. The molecule has 4 aromatic rings. The second kappa shape index (κ2) is 8.19. The molecule has 1 aliphatic heterocycles. The van der Waals surface area contributed by atoms with Gasteiger partial charge in [-0.2, -0.15) is 5.10 Å². The molecule has 5 rings (SSSR count). The summed E-state index contributed by atoms with van der Waals surface area (Å²) in [6.07, 6.45) is 1.82. The molecule has 5 heterocycles. The maximum absolute atomic E-state index is 5.47. The molecule has 1 aliphatic rings. The van der Waals surface area contributed by atoms with Crippen LogP contribution < -0.4 is 5.32 Å². The predicted molar refractivity (Wildman–Crippen MR) is 117 cm³/mol. The Morgan fingerprint density at radius 1 is 1.17 bits per heavy atom. The van der Waals surface area contributed by atoms with Crippen LogP contribution in [0.4, 0.5) is 5.82 Å². The average Bonchev–Trinajstić information content (AvgIpc) is 3.48. The van der Waals surface area contributed by atoms with Gasteiger partial charge < -0.3 is 10.1 Å². The van der Waals surface area contributed by atoms with Crippen LogP contribution in [0.25, 0.3) is 20.7 Å². The number of hydrogen-bond donors (Lipinski definition) is 1. The summed E-state index contributed by atoms with van der Waals surface area (Å²) in [5, 5.41) is 13.2. The Kier molecular flexibility index (Phi) is 5.28. The van der Waals surface area contributed by atoms with Crippen LogP contribution in [0.5, 0.6) is 0 Å². The zero-order chi connectivity index (χ0) is 19.6. The number of thiophene rings is 2. The van der Waals surface area contributed by atoms with Crippen molar-refractivity contribution in [3.63, 3.8) is 0 Å². The van der Waals surface area contributed by atoms with Crippen LogP contribution >= 0.6 is 22.7 Å². The third kappa shape index (κ3) is 3.91. The van der Waals surface area contributed by atoms with Crippen LogP contribution in [-0.2, 0) is 24.9 Å². The Morgan fingerprint density at radius 3 is 2.83 bits per heavy atom. The Labute approximate surface area is 177 Å². The van der Waals surface area contributed by atoms with E-state index in [1.807, 2.05) is 24.0 Å². The van der Waals surface area contributed by atoms with Crippen molar-refractivity contribution in [2.24, 2.45) is 7.05 Å². The first-order valence-electron chi connectivity index (χ1n) is 9.61. The van der Waals surface area contributed by atoms with Crippen LogP contribution in [-0.4, -0.2) is 51.0 Å². The lowest BCUT2D eigenvalue weighted by Gasteiger charge is -2.25. The average molecular weight is 427 g/mol. The monoisotopic (exact) mass is 426 g/mol. The summed E-state index contributed by atoms with van der Waals surface area (Å²) in [7, 11) is 1.96. The highest BCUT2D eigenvalue weighted by molar-refractivity contribution is 7.18. The third-order valence-corrected chi connectivity index (χ3v) is 6.87. The van der Waals surface area contributed by atoms with Crippen LogP contribution in [0.2, 0.25) is 0 Å². The molecular weight excluding hydrogens is 404 g/mol. The number of anilines is 1. The van der Waals surface area contributed by atoms with E-state index in [1.165, 1.54) is 10.4 Å². The van der Waals surface area contributed by atoms with Gasteiger partial charge in [0.2, 0.25) is 0 Å². The number of nitrogens with one attached hydrogen (secondary N) is 1. The molecule has 7 nitrogen and oxygen atoms in total. The molecule has 1 fully saturated rings. The van der Waals surface area contributed by atoms with Crippen molar-refractivity contribution in [3.8, 4) is 10.4 Å². The van der Waals surface area contributed by atoms with Gasteiger partial charge in [0.1, 0.15) is 16.5 Å². The van der Waals surface area contributed by atoms with E-state index >= 15 is 0 Å². The van der Waals surface area contributed by atoms with E-state index in [-0.39, 0.29) is 0 Å². The van der Waals surface area contributed by atoms with Crippen molar-refractivity contribution >= 4 is 38.7 Å². The lowest BCUT2D eigenvalue weighted by Crippen LogP contribution is -2.36. The van der Waals surface area contributed by atoms with E-state index in [9.17, 15) is 0 Å². The van der Waals surface area contributed by atoms with E-state index in [0.717, 1.165) is 60.4 Å². The van der Waals surface area contributed by atoms with Gasteiger partial charge in [-0.1, -0.05) is 6.07 Å². The number of nitrogens with zero attached hydrogens (tertiary/aromatic N) is 5. The third-order valence-electron chi connectivity index (χ3n) is 5.09. The lowest BCUT2D eigenvalue weighted by atomic mass is 10.2. The summed E-state index contributed by atoms with van der Waals surface area (Å²) >= 11 is 3.43. The van der Waals surface area contributed by atoms with Gasteiger partial charge in [-0.3, -0.25) is 9.58 Å². The van der Waals surface area contributed by atoms with Gasteiger partial charge in [0.25, 0.3) is 0 Å². The molecular formula is C20H22N6OS2. The molecule has 150 valence electrons. The maximum atomic E-state index is 5.47. The summed E-state index contributed by atoms with van der Waals surface area (Å²) < 4.78 is 7.35. The lowest BCUT2D eigenvalue weighted by molar-refractivity contribution is 0.0331. The zero-order valence-corrected chi connectivity index (χ0v) is 17.8. The summed E-state index contributed by atoms with van der Waals surface area (Å²) in [6, 6.07) is 6.26. The van der Waals surface area contributed by atoms with Crippen molar-refractivity contribution < 1.29 is 4.74 Å². The van der Waals surface area contributed by atoms with E-state index in [4.69, 9.17) is 14.7 Å². The molecule has 29 heavy (non-hydrogen) atoms. The van der Waals surface area contributed by atoms with Crippen molar-refractivity contribution in [1.82, 2.24) is 24.6 Å². The minimum absolute atomic E-state index is 0.666. The van der Waals surface area contributed by atoms with Crippen LogP contribution in [0.1, 0.15) is 11.5 Å². The molecule has 0 unspecified atom stereocenters. The molecule has 0 saturated carbocycles. The number of aromatic nitrogens is 4. The minimum atomic E-state index is 0.666. The van der Waals surface area contributed by atoms with Crippen molar-refractivity contribution in [2.75, 3.05) is 31.6 Å². The molecule has 0 spiro atoms. The highest BCUT2D eigenvalue weighted by Gasteiger charge is 2.18. The number of rotatable bonds is 6. The van der Waals surface area contributed by atoms with Gasteiger partial charge in [0.15, 0.2) is 0 Å². The topological polar surface area (TPSA) is 68.1 Å². The second-order valence-corrected chi connectivity index (χ2v) is 8.79. The highest BCUT2D eigenvalue weighted by Crippen LogP contribution is 2.39. The first-order chi connectivity index (χ1) is 14.3. The van der Waals surface area contributed by atoms with E-state index < -0.39 is 0 Å². The summed E-state index contributed by atoms with van der Waals surface area (Å²) in [6.45, 7) is 4.80. The fraction of sp³-hybridized carbons (Fsp3) is 0.350. The SMILES string of the molecule is Cn1nccc1CNc1nc(CN2CCOCC2)nc2scc(-c3cccs3)c12. The summed E-state index contributed by atoms with van der Waals surface area (Å²) in [5.41, 5.74) is 2.31. The quantitative estimate of drug-likeness (QED) is 0.508. The van der Waals surface area contributed by atoms with Crippen LogP contribution in [0.15, 0.2) is 35.2 Å². The van der Waals surface area contributed by atoms with Crippen molar-refractivity contribution in [1.29, 1.82) is 0 Å². The number of aryl methyl sites for hydroxylation is 1. The fourth-order valence-electron chi connectivity index (χ4n) is 3.51. The van der Waals surface area contributed by atoms with Gasteiger partial charge in [0, 0.05) is 42.2 Å². The Morgan fingerprint density at radius 2 is 2.07 bits per heavy atom. The molecule has 4 aromatic heterocycles. The molecule has 0 aliphatic carbocycles. The van der Waals surface area contributed by atoms with Crippen molar-refractivity contribution in [2.45, 2.75) is 13.1 Å². The second-order valence-electron chi connectivity index (χ2n) is 6.98. The number of fused-ring (bicyclic) bond motifs is 1. The van der Waals surface area contributed by atoms with Crippen molar-refractivity contribution in [3.05, 3.63) is 46.7 Å². The molecule has 0 amide bonds. The van der Waals surface area contributed by atoms with E-state index in [2.05, 4.69) is 38.2 Å². The largest absolute Gasteiger partial charge is 0.379 e. The molecule has 0 aromatic carbocycles. The van der Waals surface area contributed by atoms with Gasteiger partial charge in [-0.25, -0.2) is 9.97 Å². The molecule has 0 radical (unpaired) electrons. The van der Waals surface area contributed by atoms with E-state index in [0.29, 0.717) is 6.54 Å². The standard InChI is InChI=1S/C20H22N6OS2/c1-25-14(4-5-22-25)11-21-19-18-15(16-3-2-10-28-16)13-29-20(18)24-17(23-19)12-26-6-8-27-9-7-26/h2-5,10,13H,6-9,11-12H2,1H3,(H,21,23,24). The normalized spacial score (nSPS) is 15.2. The highest BCUT2D eigenvalue weighted by atomic mass is 32.1. The number of ether oxygens (including phenoxy) is 1. The fourth-order valence-corrected chi connectivity index (χ4v) is 5.29. The van der Waals surface area contributed by atoms with E-state index in [1.54, 1.807) is 22.7 Å². The smallest absolute Gasteiger partial charge is 0.146 e. The minimum Gasteiger partial charge on any atom is -0.379 e. The molecule has 1 N–H and O–H groups in total. The van der Waals surface area contributed by atoms with Gasteiger partial charge in [0.05, 0.1) is 37.4 Å². The Balaban J connectivity index is 1.52. The van der Waals surface area contributed by atoms with Gasteiger partial charge >= 0.3 is 0 Å². The number of hydrogen-bond acceptors (Lipinski definition) is 8. The van der Waals surface area contributed by atoms with Crippen LogP contribution in [0.3, 0.4) is 0 Å². The molecule has 1 saturated heterocycles. The first-order valence-corrected chi connectivity index (χ1v) is 11.4. The summed E-state index contributed by atoms with van der Waals surface area (Å²) in [4.78, 5) is 14.5. The molecule has 0 atom stereocenters. The Hall–Kier alpha value is -2.33. The Bertz CT molecular complexity index is 1100. The summed E-state index contributed by atoms with van der Waals surface area (Å²) in [5.74, 6) is 1.75. The van der Waals surface area contributed by atoms with Gasteiger partial charge in [-0.15, -0.1) is 22.7 Å². The van der Waals surface area contributed by atoms with Crippen LogP contribution in [0, 0.1) is 0 Å². The molecule has 9 heteroatoms. The number of morpholine rings is 1. The van der Waals surface area contributed by atoms with Gasteiger partial charge in [-0.05, 0) is 17.5 Å². The molecule has 0 bridgehead atoms. The first kappa shape index (κ1) is 18.7. The zero-order valence-electron chi connectivity index (χ0n) is 16.2.